The third-order valence-electron chi connectivity index (χ3n) is 7.81. The molecule has 1 saturated heterocycles. The number of anilines is 1. The number of sulfonamides is 1. The van der Waals surface area contributed by atoms with E-state index in [4.69, 9.17) is 9.62 Å². The van der Waals surface area contributed by atoms with E-state index >= 15 is 0 Å². The van der Waals surface area contributed by atoms with Gasteiger partial charge in [0.1, 0.15) is 22.8 Å². The Morgan fingerprint density at radius 3 is 2.67 bits per heavy atom. The lowest BCUT2D eigenvalue weighted by Gasteiger charge is -2.30. The number of amides is 1. The van der Waals surface area contributed by atoms with Crippen LogP contribution >= 0.6 is 0 Å². The van der Waals surface area contributed by atoms with Crippen molar-refractivity contribution >= 4 is 38.4 Å². The molecule has 218 valence electrons. The summed E-state index contributed by atoms with van der Waals surface area (Å²) < 4.78 is 36.7. The van der Waals surface area contributed by atoms with Crippen molar-refractivity contribution in [2.75, 3.05) is 18.4 Å². The Morgan fingerprint density at radius 1 is 1.07 bits per heavy atom. The number of benzene rings is 2. The molecule has 7 rings (SSSR count). The maximum absolute atomic E-state index is 13.3. The number of rotatable bonds is 7. The molecule has 1 aliphatic rings. The molecule has 0 unspecified atom stereocenters. The van der Waals surface area contributed by atoms with Gasteiger partial charge in [0.05, 0.1) is 17.6 Å². The van der Waals surface area contributed by atoms with Crippen LogP contribution in [0.25, 0.3) is 22.3 Å². The van der Waals surface area contributed by atoms with E-state index in [0.29, 0.717) is 59.6 Å². The molecule has 1 N–H and O–H groups in total. The Morgan fingerprint density at radius 2 is 1.86 bits per heavy atom. The molecule has 0 saturated carbocycles. The number of para-hydroxylation sites is 1. The summed E-state index contributed by atoms with van der Waals surface area (Å²) in [6.07, 6.45) is 6.02. The first-order valence-electron chi connectivity index (χ1n) is 13.9. The zero-order valence-corrected chi connectivity index (χ0v) is 24.1. The first-order chi connectivity index (χ1) is 20.9. The number of fused-ring (bicyclic) bond motifs is 2. The Hall–Kier alpha value is -4.88. The van der Waals surface area contributed by atoms with Crippen LogP contribution in [-0.4, -0.2) is 61.3 Å². The highest BCUT2D eigenvalue weighted by atomic mass is 32.2. The molecule has 5 heterocycles. The second-order valence-electron chi connectivity index (χ2n) is 10.7. The zero-order valence-electron chi connectivity index (χ0n) is 23.3. The Bertz CT molecular complexity index is 2050. The average molecular weight is 597 g/mol. The number of aryl methyl sites for hydroxylation is 1. The molecular weight excluding hydrogens is 568 g/mol. The molecule has 1 aliphatic heterocycles. The van der Waals surface area contributed by atoms with Crippen molar-refractivity contribution in [1.82, 2.24) is 33.8 Å². The summed E-state index contributed by atoms with van der Waals surface area (Å²) in [7, 11) is -3.60. The average Bonchev–Trinajstić information content (AvgIpc) is 3.75. The molecule has 6 aromatic rings. The van der Waals surface area contributed by atoms with E-state index in [2.05, 4.69) is 20.6 Å². The number of hydrogen-bond donors (Lipinski definition) is 1. The third-order valence-corrected chi connectivity index (χ3v) is 9.60. The molecule has 4 aromatic heterocycles. The fourth-order valence-electron chi connectivity index (χ4n) is 5.48. The largest absolute Gasteiger partial charge is 0.356 e. The minimum Gasteiger partial charge on any atom is -0.356 e. The van der Waals surface area contributed by atoms with E-state index in [1.807, 2.05) is 55.5 Å². The molecular formula is C30H28N8O4S. The van der Waals surface area contributed by atoms with Crippen LogP contribution in [0.5, 0.6) is 0 Å². The molecule has 0 bridgehead atoms. The number of carbonyl (C=O) groups is 1. The predicted molar refractivity (Wildman–Crippen MR) is 159 cm³/mol. The van der Waals surface area contributed by atoms with Crippen LogP contribution in [0.4, 0.5) is 5.82 Å². The van der Waals surface area contributed by atoms with Gasteiger partial charge in [0.15, 0.2) is 11.2 Å². The van der Waals surface area contributed by atoms with Crippen LogP contribution in [0.15, 0.2) is 83.8 Å². The van der Waals surface area contributed by atoms with E-state index in [0.717, 1.165) is 16.9 Å². The van der Waals surface area contributed by atoms with Crippen molar-refractivity contribution in [3.05, 3.63) is 102 Å². The fraction of sp³-hybridized carbons (Fsp3) is 0.233. The monoisotopic (exact) mass is 596 g/mol. The van der Waals surface area contributed by atoms with Crippen LogP contribution in [-0.2, 0) is 15.8 Å². The first kappa shape index (κ1) is 27.0. The highest BCUT2D eigenvalue weighted by Crippen LogP contribution is 2.32. The topological polar surface area (TPSA) is 141 Å². The third kappa shape index (κ3) is 5.17. The fourth-order valence-corrected chi connectivity index (χ4v) is 6.98. The van der Waals surface area contributed by atoms with Gasteiger partial charge in [0, 0.05) is 42.9 Å². The molecule has 0 atom stereocenters. The predicted octanol–water partition coefficient (Wildman–Crippen LogP) is 4.33. The lowest BCUT2D eigenvalue weighted by Crippen LogP contribution is -2.38. The van der Waals surface area contributed by atoms with Crippen molar-refractivity contribution in [2.45, 2.75) is 31.4 Å². The molecule has 12 nitrogen and oxygen atoms in total. The Labute approximate surface area is 247 Å². The van der Waals surface area contributed by atoms with Gasteiger partial charge in [-0.3, -0.25) is 4.79 Å². The van der Waals surface area contributed by atoms with Crippen molar-refractivity contribution < 1.29 is 17.7 Å². The Balaban J connectivity index is 1.11. The molecule has 1 amide bonds. The van der Waals surface area contributed by atoms with Gasteiger partial charge >= 0.3 is 0 Å². The highest BCUT2D eigenvalue weighted by molar-refractivity contribution is 7.88. The van der Waals surface area contributed by atoms with Gasteiger partial charge in [-0.05, 0) is 50.1 Å². The molecule has 43 heavy (non-hydrogen) atoms. The van der Waals surface area contributed by atoms with Gasteiger partial charge in [0.25, 0.3) is 5.91 Å². The molecule has 0 spiro atoms. The smallest absolute Gasteiger partial charge is 0.262 e. The number of carbonyl (C=O) groups excluding carboxylic acids is 1. The lowest BCUT2D eigenvalue weighted by atomic mass is 9.95. The molecule has 13 heteroatoms. The SMILES string of the molecule is Cc1ccc(-n2nc(C3CCN(S(=O)(=O)Cc4noc5ccccc45)CC3)cc2NC(=O)c2cnn3cccnc23)cc1. The van der Waals surface area contributed by atoms with E-state index < -0.39 is 10.0 Å². The van der Waals surface area contributed by atoms with Gasteiger partial charge < -0.3 is 9.84 Å². The summed E-state index contributed by atoms with van der Waals surface area (Å²) in [5.41, 5.74) is 4.46. The number of hydrogen-bond acceptors (Lipinski definition) is 8. The first-order valence-corrected chi connectivity index (χ1v) is 15.5. The summed E-state index contributed by atoms with van der Waals surface area (Å²) in [5, 5.41) is 16.8. The summed E-state index contributed by atoms with van der Waals surface area (Å²) >= 11 is 0. The minimum absolute atomic E-state index is 0.0142. The molecule has 1 fully saturated rings. The van der Waals surface area contributed by atoms with Crippen LogP contribution in [0, 0.1) is 6.92 Å². The Kier molecular flexibility index (Phi) is 6.75. The van der Waals surface area contributed by atoms with Crippen LogP contribution in [0.3, 0.4) is 0 Å². The number of nitrogens with one attached hydrogen (secondary N) is 1. The van der Waals surface area contributed by atoms with Gasteiger partial charge in [-0.1, -0.05) is 35.0 Å². The van der Waals surface area contributed by atoms with E-state index in [-0.39, 0.29) is 17.6 Å². The van der Waals surface area contributed by atoms with Crippen LogP contribution in [0.1, 0.15) is 46.1 Å². The van der Waals surface area contributed by atoms with Gasteiger partial charge in [0.2, 0.25) is 10.0 Å². The van der Waals surface area contributed by atoms with Crippen molar-refractivity contribution in [1.29, 1.82) is 0 Å². The van der Waals surface area contributed by atoms with Gasteiger partial charge in [-0.25, -0.2) is 26.9 Å². The second kappa shape index (κ2) is 10.7. The van der Waals surface area contributed by atoms with Crippen LogP contribution < -0.4 is 5.32 Å². The summed E-state index contributed by atoms with van der Waals surface area (Å²) in [4.78, 5) is 17.6. The van der Waals surface area contributed by atoms with E-state index in [1.54, 1.807) is 33.7 Å². The van der Waals surface area contributed by atoms with E-state index in [1.165, 1.54) is 10.5 Å². The standard InChI is InChI=1S/C30H28N8O4S/c1-20-7-9-22(10-8-20)38-28(33-30(39)24-18-32-37-14-4-13-31-29(24)37)17-25(34-38)21-11-15-36(16-12-21)43(40,41)19-26-23-5-2-3-6-27(23)42-35-26/h2-10,13-14,17-18,21H,11-12,15-16,19H2,1H3,(H,33,39). The number of aromatic nitrogens is 6. The maximum atomic E-state index is 13.3. The van der Waals surface area contributed by atoms with E-state index in [9.17, 15) is 13.2 Å². The quantitative estimate of drug-likeness (QED) is 0.287. The van der Waals surface area contributed by atoms with Crippen molar-refractivity contribution in [3.63, 3.8) is 0 Å². The van der Waals surface area contributed by atoms with Gasteiger partial charge in [-0.15, -0.1) is 0 Å². The minimum atomic E-state index is -3.60. The van der Waals surface area contributed by atoms with Crippen molar-refractivity contribution in [2.24, 2.45) is 0 Å². The molecule has 2 aromatic carbocycles. The zero-order chi connectivity index (χ0) is 29.6. The number of piperidine rings is 1. The summed E-state index contributed by atoms with van der Waals surface area (Å²) in [6.45, 7) is 2.72. The number of nitrogens with zero attached hydrogens (tertiary/aromatic N) is 7. The highest BCUT2D eigenvalue weighted by Gasteiger charge is 2.32. The lowest BCUT2D eigenvalue weighted by molar-refractivity contribution is 0.102. The van der Waals surface area contributed by atoms with Crippen LogP contribution in [0.2, 0.25) is 0 Å². The summed E-state index contributed by atoms with van der Waals surface area (Å²) in [5.74, 6) is -0.0482. The maximum Gasteiger partial charge on any atom is 0.262 e. The normalized spacial score (nSPS) is 14.9. The van der Waals surface area contributed by atoms with Gasteiger partial charge in [-0.2, -0.15) is 10.2 Å². The molecule has 0 radical (unpaired) electrons. The second-order valence-corrected chi connectivity index (χ2v) is 12.6. The van der Waals surface area contributed by atoms with Crippen molar-refractivity contribution in [3.8, 4) is 5.69 Å². The molecule has 0 aliphatic carbocycles. The summed E-state index contributed by atoms with van der Waals surface area (Å²) in [6, 6.07) is 18.7.